The fourth-order valence-electron chi connectivity index (χ4n) is 2.06. The lowest BCUT2D eigenvalue weighted by Crippen LogP contribution is -2.28. The van der Waals surface area contributed by atoms with Gasteiger partial charge < -0.3 is 11.5 Å². The first-order valence-electron chi connectivity index (χ1n) is 6.40. The molecular weight excluding hydrogens is 208 g/mol. The van der Waals surface area contributed by atoms with Crippen molar-refractivity contribution >= 4 is 0 Å². The number of hydrogen-bond acceptors (Lipinski definition) is 2. The summed E-state index contributed by atoms with van der Waals surface area (Å²) in [6.45, 7) is 10.2. The van der Waals surface area contributed by atoms with Crippen LogP contribution in [0.15, 0.2) is 24.3 Å². The first-order valence-corrected chi connectivity index (χ1v) is 6.40. The summed E-state index contributed by atoms with van der Waals surface area (Å²) in [6, 6.07) is 8.86. The lowest BCUT2D eigenvalue weighted by Gasteiger charge is -2.23. The molecule has 4 N–H and O–H groups in total. The molecule has 0 bridgehead atoms. The largest absolute Gasteiger partial charge is 0.330 e. The number of hydrogen-bond donors (Lipinski definition) is 2. The van der Waals surface area contributed by atoms with Gasteiger partial charge in [-0.2, -0.15) is 0 Å². The summed E-state index contributed by atoms with van der Waals surface area (Å²) in [5, 5.41) is 0. The van der Waals surface area contributed by atoms with Gasteiger partial charge >= 0.3 is 0 Å². The summed E-state index contributed by atoms with van der Waals surface area (Å²) in [5.74, 6) is 0.800. The second-order valence-corrected chi connectivity index (χ2v) is 5.89. The predicted octanol–water partition coefficient (Wildman–Crippen LogP) is 2.62. The SMILES string of the molecule is CC(c1ccc(C(C)(C)C)cc1)C(CN)CN. The zero-order chi connectivity index (χ0) is 13.1. The van der Waals surface area contributed by atoms with Crippen LogP contribution in [0.25, 0.3) is 0 Å². The van der Waals surface area contributed by atoms with Crippen molar-refractivity contribution in [2.45, 2.75) is 39.0 Å². The van der Waals surface area contributed by atoms with E-state index in [4.69, 9.17) is 11.5 Å². The standard InChI is InChI=1S/C15H26N2/c1-11(13(9-16)10-17)12-5-7-14(8-6-12)15(2,3)4/h5-8,11,13H,9-10,16-17H2,1-4H3. The monoisotopic (exact) mass is 234 g/mol. The molecule has 0 heterocycles. The van der Waals surface area contributed by atoms with Gasteiger partial charge in [0.25, 0.3) is 0 Å². The van der Waals surface area contributed by atoms with Crippen LogP contribution in [0.5, 0.6) is 0 Å². The minimum atomic E-state index is 0.211. The van der Waals surface area contributed by atoms with Crippen molar-refractivity contribution in [2.75, 3.05) is 13.1 Å². The van der Waals surface area contributed by atoms with E-state index in [0.717, 1.165) is 0 Å². The zero-order valence-corrected chi connectivity index (χ0v) is 11.5. The average molecular weight is 234 g/mol. The maximum Gasteiger partial charge on any atom is -0.00310 e. The summed E-state index contributed by atoms with van der Waals surface area (Å²) in [6.07, 6.45) is 0. The van der Waals surface area contributed by atoms with Crippen molar-refractivity contribution in [1.29, 1.82) is 0 Å². The zero-order valence-electron chi connectivity index (χ0n) is 11.5. The Balaban J connectivity index is 2.87. The second-order valence-electron chi connectivity index (χ2n) is 5.89. The van der Waals surface area contributed by atoms with E-state index in [0.29, 0.717) is 24.9 Å². The minimum Gasteiger partial charge on any atom is -0.330 e. The lowest BCUT2D eigenvalue weighted by atomic mass is 9.83. The first-order chi connectivity index (χ1) is 7.90. The molecule has 2 heteroatoms. The molecule has 0 saturated heterocycles. The van der Waals surface area contributed by atoms with Gasteiger partial charge in [-0.25, -0.2) is 0 Å². The van der Waals surface area contributed by atoms with Crippen LogP contribution in [-0.4, -0.2) is 13.1 Å². The number of nitrogens with two attached hydrogens (primary N) is 2. The molecule has 96 valence electrons. The highest BCUT2D eigenvalue weighted by Gasteiger charge is 2.18. The quantitative estimate of drug-likeness (QED) is 0.841. The molecule has 0 radical (unpaired) electrons. The van der Waals surface area contributed by atoms with Crippen LogP contribution in [0.3, 0.4) is 0 Å². The van der Waals surface area contributed by atoms with Gasteiger partial charge in [-0.05, 0) is 41.5 Å². The maximum atomic E-state index is 5.74. The molecule has 0 saturated carbocycles. The van der Waals surface area contributed by atoms with Crippen molar-refractivity contribution < 1.29 is 0 Å². The molecule has 17 heavy (non-hydrogen) atoms. The van der Waals surface area contributed by atoms with E-state index in [1.807, 2.05) is 0 Å². The normalized spacial score (nSPS) is 14.1. The molecule has 0 spiro atoms. The highest BCUT2D eigenvalue weighted by molar-refractivity contribution is 5.29. The molecule has 0 aliphatic rings. The number of rotatable bonds is 4. The van der Waals surface area contributed by atoms with Gasteiger partial charge in [0.15, 0.2) is 0 Å². The first kappa shape index (κ1) is 14.2. The second kappa shape index (κ2) is 5.65. The Morgan fingerprint density at radius 3 is 1.82 bits per heavy atom. The van der Waals surface area contributed by atoms with E-state index in [9.17, 15) is 0 Å². The van der Waals surface area contributed by atoms with E-state index in [1.54, 1.807) is 0 Å². The van der Waals surface area contributed by atoms with Crippen molar-refractivity contribution in [3.8, 4) is 0 Å². The van der Waals surface area contributed by atoms with E-state index in [-0.39, 0.29) is 5.41 Å². The summed E-state index contributed by atoms with van der Waals surface area (Å²) in [5.41, 5.74) is 14.4. The molecule has 0 aliphatic carbocycles. The van der Waals surface area contributed by atoms with Crippen LogP contribution in [0.2, 0.25) is 0 Å². The molecule has 2 nitrogen and oxygen atoms in total. The van der Waals surface area contributed by atoms with E-state index < -0.39 is 0 Å². The molecule has 0 aromatic heterocycles. The third-order valence-electron chi connectivity index (χ3n) is 3.62. The molecular formula is C15H26N2. The van der Waals surface area contributed by atoms with Gasteiger partial charge in [-0.15, -0.1) is 0 Å². The summed E-state index contributed by atoms with van der Waals surface area (Å²) < 4.78 is 0. The Hall–Kier alpha value is -0.860. The van der Waals surface area contributed by atoms with Crippen LogP contribution in [0, 0.1) is 5.92 Å². The predicted molar refractivity (Wildman–Crippen MR) is 75.2 cm³/mol. The van der Waals surface area contributed by atoms with Crippen LogP contribution < -0.4 is 11.5 Å². The fraction of sp³-hybridized carbons (Fsp3) is 0.600. The average Bonchev–Trinajstić information content (AvgIpc) is 2.29. The van der Waals surface area contributed by atoms with Crippen LogP contribution in [0.1, 0.15) is 44.7 Å². The Bertz CT molecular complexity index is 331. The molecule has 0 aliphatic heterocycles. The summed E-state index contributed by atoms with van der Waals surface area (Å²) in [4.78, 5) is 0. The Morgan fingerprint density at radius 1 is 1.00 bits per heavy atom. The van der Waals surface area contributed by atoms with Crippen molar-refractivity contribution in [3.63, 3.8) is 0 Å². The topological polar surface area (TPSA) is 52.0 Å². The van der Waals surface area contributed by atoms with Gasteiger partial charge in [0.1, 0.15) is 0 Å². The third-order valence-corrected chi connectivity index (χ3v) is 3.62. The van der Waals surface area contributed by atoms with Crippen molar-refractivity contribution in [3.05, 3.63) is 35.4 Å². The van der Waals surface area contributed by atoms with Gasteiger partial charge in [0, 0.05) is 0 Å². The molecule has 1 rings (SSSR count). The molecule has 0 fully saturated rings. The Labute approximate surface area is 105 Å². The van der Waals surface area contributed by atoms with Gasteiger partial charge in [0.2, 0.25) is 0 Å². The Morgan fingerprint density at radius 2 is 1.47 bits per heavy atom. The van der Waals surface area contributed by atoms with Gasteiger partial charge in [0.05, 0.1) is 0 Å². The molecule has 0 amide bonds. The van der Waals surface area contributed by atoms with E-state index in [2.05, 4.69) is 52.0 Å². The summed E-state index contributed by atoms with van der Waals surface area (Å²) in [7, 11) is 0. The van der Waals surface area contributed by atoms with Gasteiger partial charge in [-0.3, -0.25) is 0 Å². The molecule has 1 aromatic carbocycles. The smallest absolute Gasteiger partial charge is 0.00310 e. The van der Waals surface area contributed by atoms with Crippen molar-refractivity contribution in [1.82, 2.24) is 0 Å². The Kier molecular flexibility index (Phi) is 4.72. The van der Waals surface area contributed by atoms with Crippen LogP contribution in [0.4, 0.5) is 0 Å². The maximum absolute atomic E-state index is 5.74. The van der Waals surface area contributed by atoms with Crippen LogP contribution in [-0.2, 0) is 5.41 Å². The molecule has 1 atom stereocenters. The van der Waals surface area contributed by atoms with Crippen LogP contribution >= 0.6 is 0 Å². The molecule has 1 aromatic rings. The third kappa shape index (κ3) is 3.55. The highest BCUT2D eigenvalue weighted by atomic mass is 14.6. The summed E-state index contributed by atoms with van der Waals surface area (Å²) >= 11 is 0. The fourth-order valence-corrected chi connectivity index (χ4v) is 2.06. The number of benzene rings is 1. The van der Waals surface area contributed by atoms with Crippen molar-refractivity contribution in [2.24, 2.45) is 17.4 Å². The lowest BCUT2D eigenvalue weighted by molar-refractivity contribution is 0.466. The minimum absolute atomic E-state index is 0.211. The van der Waals surface area contributed by atoms with E-state index in [1.165, 1.54) is 11.1 Å². The van der Waals surface area contributed by atoms with Gasteiger partial charge in [-0.1, -0.05) is 52.0 Å². The van der Waals surface area contributed by atoms with E-state index >= 15 is 0 Å². The molecule has 1 unspecified atom stereocenters. The highest BCUT2D eigenvalue weighted by Crippen LogP contribution is 2.27.